The lowest BCUT2D eigenvalue weighted by atomic mass is 10.1. The van der Waals surface area contributed by atoms with E-state index < -0.39 is 16.7 Å². The van der Waals surface area contributed by atoms with Crippen molar-refractivity contribution in [1.29, 1.82) is 5.26 Å². The highest BCUT2D eigenvalue weighted by Crippen LogP contribution is 2.26. The smallest absolute Gasteiger partial charge is 0.294 e. The van der Waals surface area contributed by atoms with Crippen molar-refractivity contribution in [3.63, 3.8) is 0 Å². The lowest BCUT2D eigenvalue weighted by Crippen LogP contribution is -2.51. The summed E-state index contributed by atoms with van der Waals surface area (Å²) in [5, 5.41) is 35.1. The molecule has 0 fully saturated rings. The zero-order valence-corrected chi connectivity index (χ0v) is 17.5. The molecule has 1 unspecified atom stereocenters. The molecule has 2 rings (SSSR count). The summed E-state index contributed by atoms with van der Waals surface area (Å²) >= 11 is 0. The van der Waals surface area contributed by atoms with E-state index in [1.54, 1.807) is 18.2 Å². The third-order valence-corrected chi connectivity index (χ3v) is 4.46. The van der Waals surface area contributed by atoms with E-state index in [0.717, 1.165) is 10.9 Å². The zero-order chi connectivity index (χ0) is 22.9. The number of nitriles is 1. The Kier molecular flexibility index (Phi) is 8.60. The quantitative estimate of drug-likeness (QED) is 0.208. The van der Waals surface area contributed by atoms with Gasteiger partial charge in [0, 0.05) is 30.4 Å². The van der Waals surface area contributed by atoms with Crippen molar-refractivity contribution in [2.24, 2.45) is 0 Å². The minimum absolute atomic E-state index is 0.0536. The van der Waals surface area contributed by atoms with Crippen LogP contribution in [0.15, 0.2) is 24.3 Å². The number of aromatic amines is 1. The molecule has 0 saturated carbocycles. The average molecular weight is 433 g/mol. The normalized spacial score (nSPS) is 12.2. The number of nitrogens with zero attached hydrogens (tertiary/aromatic N) is 2. The molecule has 1 amide bonds. The van der Waals surface area contributed by atoms with Gasteiger partial charge >= 0.3 is 0 Å². The summed E-state index contributed by atoms with van der Waals surface area (Å²) < 4.78 is 5.73. The van der Waals surface area contributed by atoms with Crippen LogP contribution in [0.1, 0.15) is 32.4 Å². The van der Waals surface area contributed by atoms with Gasteiger partial charge in [-0.2, -0.15) is 5.26 Å². The number of carbonyl (C=O) groups excluding carboxylic acids is 1. The molecule has 31 heavy (non-hydrogen) atoms. The third kappa shape index (κ3) is 8.12. The number of aromatic nitrogens is 1. The largest absolute Gasteiger partial charge is 0.490 e. The fraction of sp³-hybridized carbons (Fsp3) is 0.500. The first-order chi connectivity index (χ1) is 14.7. The number of aliphatic hydroxyl groups excluding tert-OH is 1. The van der Waals surface area contributed by atoms with Crippen molar-refractivity contribution in [3.05, 3.63) is 40.1 Å². The number of nitrogens with one attached hydrogen (secondary N) is 3. The maximum Gasteiger partial charge on any atom is 0.294 e. The highest BCUT2D eigenvalue weighted by molar-refractivity contribution is 5.87. The van der Waals surface area contributed by atoms with Crippen LogP contribution in [-0.4, -0.2) is 59.0 Å². The molecule has 0 aliphatic heterocycles. The molecule has 168 valence electrons. The number of fused-ring (bicyclic) bond motifs is 1. The Labute approximate surface area is 179 Å². The number of rotatable bonds is 13. The fourth-order valence-electron chi connectivity index (χ4n) is 2.79. The molecular weight excluding hydrogens is 406 g/mol. The molecule has 0 saturated heterocycles. The lowest BCUT2D eigenvalue weighted by Gasteiger charge is -2.28. The molecule has 0 radical (unpaired) electrons. The van der Waals surface area contributed by atoms with Crippen LogP contribution in [0.2, 0.25) is 0 Å². The summed E-state index contributed by atoms with van der Waals surface area (Å²) in [7, 11) is 0. The molecular formula is C20H27N5O6. The van der Waals surface area contributed by atoms with Crippen LogP contribution in [0.3, 0.4) is 0 Å². The van der Waals surface area contributed by atoms with E-state index >= 15 is 0 Å². The Morgan fingerprint density at radius 2 is 2.23 bits per heavy atom. The van der Waals surface area contributed by atoms with Gasteiger partial charge in [0.05, 0.1) is 12.1 Å². The Bertz CT molecular complexity index is 936. The second-order valence-corrected chi connectivity index (χ2v) is 7.68. The van der Waals surface area contributed by atoms with E-state index in [1.807, 2.05) is 19.9 Å². The Morgan fingerprint density at radius 1 is 1.45 bits per heavy atom. The summed E-state index contributed by atoms with van der Waals surface area (Å²) in [4.78, 5) is 29.0. The molecule has 1 aromatic heterocycles. The predicted octanol–water partition coefficient (Wildman–Crippen LogP) is 1.25. The van der Waals surface area contributed by atoms with Gasteiger partial charge in [-0.05, 0) is 38.5 Å². The van der Waals surface area contributed by atoms with Gasteiger partial charge in [0.15, 0.2) is 0 Å². The topological polar surface area (TPSA) is 163 Å². The molecule has 1 heterocycles. The minimum atomic E-state index is -0.887. The van der Waals surface area contributed by atoms with Crippen molar-refractivity contribution >= 4 is 16.8 Å². The molecule has 0 bridgehead atoms. The van der Waals surface area contributed by atoms with Crippen LogP contribution in [0.25, 0.3) is 10.9 Å². The molecule has 0 aliphatic rings. The lowest BCUT2D eigenvalue weighted by molar-refractivity contribution is -0.757. The molecule has 11 nitrogen and oxygen atoms in total. The number of β-amino-alcohol motifs (C(OH)–C–C–N with tert-alkyl or cyclic N) is 1. The molecule has 1 aromatic carbocycles. The van der Waals surface area contributed by atoms with Gasteiger partial charge in [-0.3, -0.25) is 4.79 Å². The average Bonchev–Trinajstić information content (AvgIpc) is 3.16. The number of hydrogen-bond donors (Lipinski definition) is 4. The molecule has 2 aromatic rings. The Hall–Kier alpha value is -3.36. The number of aliphatic hydroxyl groups is 1. The first-order valence-corrected chi connectivity index (χ1v) is 9.82. The van der Waals surface area contributed by atoms with Crippen molar-refractivity contribution in [2.75, 3.05) is 26.3 Å². The monoisotopic (exact) mass is 433 g/mol. The summed E-state index contributed by atoms with van der Waals surface area (Å²) in [6, 6.07) is 9.16. The van der Waals surface area contributed by atoms with Gasteiger partial charge < -0.3 is 30.3 Å². The van der Waals surface area contributed by atoms with Gasteiger partial charge in [-0.15, -0.1) is 10.1 Å². The van der Waals surface area contributed by atoms with Crippen molar-refractivity contribution < 1.29 is 24.6 Å². The summed E-state index contributed by atoms with van der Waals surface area (Å²) in [5.41, 5.74) is 0.724. The first kappa shape index (κ1) is 23.9. The van der Waals surface area contributed by atoms with Gasteiger partial charge in [0.25, 0.3) is 5.09 Å². The second-order valence-electron chi connectivity index (χ2n) is 7.68. The molecule has 0 spiro atoms. The standard InChI is InChI=1S/C20H27N5O6/c1-20(2,13-22-19(27)7-4-8-31-25(28)29)23-11-15(26)12-30-18-6-3-5-17-16(18)9-14(10-21)24-17/h3,5-6,9,15,23-24,26H,4,7-8,11-13H2,1-2H3,(H,22,27). The van der Waals surface area contributed by atoms with Crippen LogP contribution < -0.4 is 15.4 Å². The molecule has 0 aliphatic carbocycles. The van der Waals surface area contributed by atoms with E-state index in [2.05, 4.69) is 26.5 Å². The highest BCUT2D eigenvalue weighted by Gasteiger charge is 2.20. The molecule has 1 atom stereocenters. The third-order valence-electron chi connectivity index (χ3n) is 4.46. The maximum absolute atomic E-state index is 11.8. The number of benzene rings is 1. The van der Waals surface area contributed by atoms with Crippen LogP contribution in [-0.2, 0) is 9.63 Å². The van der Waals surface area contributed by atoms with Crippen LogP contribution in [0, 0.1) is 21.4 Å². The number of amides is 1. The van der Waals surface area contributed by atoms with Gasteiger partial charge in [-0.1, -0.05) is 6.07 Å². The van der Waals surface area contributed by atoms with Crippen molar-refractivity contribution in [3.8, 4) is 11.8 Å². The summed E-state index contributed by atoms with van der Waals surface area (Å²) in [5.74, 6) is 0.337. The van der Waals surface area contributed by atoms with Crippen LogP contribution in [0.4, 0.5) is 0 Å². The van der Waals surface area contributed by atoms with E-state index in [1.165, 1.54) is 0 Å². The van der Waals surface area contributed by atoms with Crippen molar-refractivity contribution in [1.82, 2.24) is 15.6 Å². The maximum atomic E-state index is 11.8. The Morgan fingerprint density at radius 3 is 2.94 bits per heavy atom. The molecule has 4 N–H and O–H groups in total. The predicted molar refractivity (Wildman–Crippen MR) is 112 cm³/mol. The van der Waals surface area contributed by atoms with Crippen molar-refractivity contribution in [2.45, 2.75) is 38.3 Å². The Balaban J connectivity index is 1.72. The SMILES string of the molecule is CC(C)(CNC(=O)CCCO[N+](=O)[O-])NCC(O)COc1cccc2[nH]c(C#N)cc12. The van der Waals surface area contributed by atoms with E-state index in [9.17, 15) is 20.0 Å². The van der Waals surface area contributed by atoms with E-state index in [-0.39, 0.29) is 38.5 Å². The van der Waals surface area contributed by atoms with Gasteiger partial charge in [0.1, 0.15) is 30.2 Å². The van der Waals surface area contributed by atoms with E-state index in [4.69, 9.17) is 10.00 Å². The van der Waals surface area contributed by atoms with Gasteiger partial charge in [0.2, 0.25) is 5.91 Å². The second kappa shape index (κ2) is 11.1. The summed E-state index contributed by atoms with van der Waals surface area (Å²) in [6.45, 7) is 4.24. The van der Waals surface area contributed by atoms with Crippen LogP contribution in [0.5, 0.6) is 5.75 Å². The fourth-order valence-corrected chi connectivity index (χ4v) is 2.79. The number of hydrogen-bond acceptors (Lipinski definition) is 8. The number of carbonyl (C=O) groups is 1. The number of H-pyrrole nitrogens is 1. The number of ether oxygens (including phenoxy) is 1. The van der Waals surface area contributed by atoms with E-state index in [0.29, 0.717) is 18.0 Å². The zero-order valence-electron chi connectivity index (χ0n) is 17.5. The molecule has 11 heteroatoms. The summed E-state index contributed by atoms with van der Waals surface area (Å²) in [6.07, 6.45) is -0.419. The first-order valence-electron chi connectivity index (χ1n) is 9.82. The van der Waals surface area contributed by atoms with Gasteiger partial charge in [-0.25, -0.2) is 0 Å². The highest BCUT2D eigenvalue weighted by atomic mass is 16.9. The minimum Gasteiger partial charge on any atom is -0.490 e. The van der Waals surface area contributed by atoms with Crippen LogP contribution >= 0.6 is 0 Å².